The molecular formula is C17H17ClN2O2. The Balaban J connectivity index is 1.62. The van der Waals surface area contributed by atoms with E-state index in [4.69, 9.17) is 16.3 Å². The van der Waals surface area contributed by atoms with Crippen LogP contribution >= 0.6 is 11.6 Å². The van der Waals surface area contributed by atoms with Crippen LogP contribution in [0.1, 0.15) is 22.5 Å². The van der Waals surface area contributed by atoms with Crippen LogP contribution in [0, 0.1) is 6.92 Å². The van der Waals surface area contributed by atoms with E-state index in [0.29, 0.717) is 29.6 Å². The van der Waals surface area contributed by atoms with Gasteiger partial charge in [0.1, 0.15) is 6.10 Å². The summed E-state index contributed by atoms with van der Waals surface area (Å²) in [7, 11) is 0. The molecule has 1 saturated heterocycles. The number of ether oxygens (including phenoxy) is 1. The highest BCUT2D eigenvalue weighted by Crippen LogP contribution is 2.19. The Hall–Kier alpha value is -2.07. The predicted molar refractivity (Wildman–Crippen MR) is 85.4 cm³/mol. The number of amides is 1. The summed E-state index contributed by atoms with van der Waals surface area (Å²) < 4.78 is 5.87. The molecular weight excluding hydrogens is 300 g/mol. The van der Waals surface area contributed by atoms with Crippen LogP contribution < -0.4 is 4.74 Å². The molecule has 2 aromatic rings. The molecule has 1 aliphatic heterocycles. The van der Waals surface area contributed by atoms with Crippen LogP contribution in [0.2, 0.25) is 5.02 Å². The molecule has 2 heterocycles. The number of hydrogen-bond acceptors (Lipinski definition) is 3. The molecule has 114 valence electrons. The van der Waals surface area contributed by atoms with Gasteiger partial charge in [-0.05, 0) is 37.3 Å². The second-order valence-electron chi connectivity index (χ2n) is 5.40. The first-order chi connectivity index (χ1) is 10.6. The van der Waals surface area contributed by atoms with Gasteiger partial charge < -0.3 is 9.64 Å². The number of pyridine rings is 1. The SMILES string of the molecule is Cc1cccc(O[C@H]2CCN(C(=O)c3ccc(Cl)cc3)C2)n1. The van der Waals surface area contributed by atoms with E-state index in [0.717, 1.165) is 12.1 Å². The molecule has 0 N–H and O–H groups in total. The van der Waals surface area contributed by atoms with Gasteiger partial charge in [0, 0.05) is 35.3 Å². The lowest BCUT2D eigenvalue weighted by Crippen LogP contribution is -2.31. The third-order valence-corrected chi connectivity index (χ3v) is 3.93. The fourth-order valence-corrected chi connectivity index (χ4v) is 2.66. The molecule has 3 rings (SSSR count). The van der Waals surface area contributed by atoms with Crippen LogP contribution in [0.5, 0.6) is 5.88 Å². The fourth-order valence-electron chi connectivity index (χ4n) is 2.54. The third-order valence-electron chi connectivity index (χ3n) is 3.67. The Bertz CT molecular complexity index is 673. The monoisotopic (exact) mass is 316 g/mol. The number of nitrogens with zero attached hydrogens (tertiary/aromatic N) is 2. The zero-order valence-electron chi connectivity index (χ0n) is 12.3. The molecule has 1 amide bonds. The maximum Gasteiger partial charge on any atom is 0.253 e. The molecule has 4 nitrogen and oxygen atoms in total. The summed E-state index contributed by atoms with van der Waals surface area (Å²) in [5.41, 5.74) is 1.57. The van der Waals surface area contributed by atoms with Crippen molar-refractivity contribution in [3.8, 4) is 5.88 Å². The summed E-state index contributed by atoms with van der Waals surface area (Å²) in [6.07, 6.45) is 0.806. The molecule has 1 atom stereocenters. The van der Waals surface area contributed by atoms with Crippen LogP contribution in [-0.2, 0) is 0 Å². The molecule has 0 radical (unpaired) electrons. The Morgan fingerprint density at radius 3 is 2.77 bits per heavy atom. The van der Waals surface area contributed by atoms with Crippen molar-refractivity contribution in [3.05, 3.63) is 58.7 Å². The molecule has 0 aliphatic carbocycles. The van der Waals surface area contributed by atoms with Crippen LogP contribution in [0.3, 0.4) is 0 Å². The van der Waals surface area contributed by atoms with Crippen molar-refractivity contribution in [2.24, 2.45) is 0 Å². The van der Waals surface area contributed by atoms with Crippen molar-refractivity contribution >= 4 is 17.5 Å². The number of carbonyl (C=O) groups is 1. The molecule has 0 spiro atoms. The van der Waals surface area contributed by atoms with E-state index < -0.39 is 0 Å². The van der Waals surface area contributed by atoms with E-state index in [1.807, 2.05) is 30.0 Å². The first-order valence-corrected chi connectivity index (χ1v) is 7.65. The maximum atomic E-state index is 12.4. The third kappa shape index (κ3) is 3.39. The number of halogens is 1. The minimum absolute atomic E-state index is 0.00875. The molecule has 1 aromatic heterocycles. The van der Waals surface area contributed by atoms with Crippen LogP contribution in [0.25, 0.3) is 0 Å². The highest BCUT2D eigenvalue weighted by molar-refractivity contribution is 6.30. The first kappa shape index (κ1) is 14.9. The molecule has 5 heteroatoms. The van der Waals surface area contributed by atoms with Crippen molar-refractivity contribution < 1.29 is 9.53 Å². The number of carbonyl (C=O) groups excluding carboxylic acids is 1. The number of hydrogen-bond donors (Lipinski definition) is 0. The summed E-state index contributed by atoms with van der Waals surface area (Å²) in [6.45, 7) is 3.20. The lowest BCUT2D eigenvalue weighted by Gasteiger charge is -2.17. The normalized spacial score (nSPS) is 17.5. The van der Waals surface area contributed by atoms with Gasteiger partial charge in [-0.1, -0.05) is 17.7 Å². The minimum Gasteiger partial charge on any atom is -0.472 e. The molecule has 0 unspecified atom stereocenters. The van der Waals surface area contributed by atoms with Crippen LogP contribution in [0.15, 0.2) is 42.5 Å². The second-order valence-corrected chi connectivity index (χ2v) is 5.84. The molecule has 0 bridgehead atoms. The number of benzene rings is 1. The van der Waals surface area contributed by atoms with Crippen LogP contribution in [-0.4, -0.2) is 35.0 Å². The predicted octanol–water partition coefficient (Wildman–Crippen LogP) is 3.34. The average Bonchev–Trinajstić information content (AvgIpc) is 2.96. The Morgan fingerprint density at radius 1 is 1.27 bits per heavy atom. The van der Waals surface area contributed by atoms with Gasteiger partial charge in [0.15, 0.2) is 0 Å². The lowest BCUT2D eigenvalue weighted by molar-refractivity contribution is 0.0771. The van der Waals surface area contributed by atoms with Gasteiger partial charge in [-0.3, -0.25) is 4.79 Å². The fraction of sp³-hybridized carbons (Fsp3) is 0.294. The van der Waals surface area contributed by atoms with E-state index in [2.05, 4.69) is 4.98 Å². The zero-order valence-corrected chi connectivity index (χ0v) is 13.1. The van der Waals surface area contributed by atoms with Crippen molar-refractivity contribution in [1.29, 1.82) is 0 Å². The summed E-state index contributed by atoms with van der Waals surface area (Å²) in [5, 5.41) is 0.629. The first-order valence-electron chi connectivity index (χ1n) is 7.27. The zero-order chi connectivity index (χ0) is 15.5. The van der Waals surface area contributed by atoms with Gasteiger partial charge in [0.25, 0.3) is 5.91 Å². The number of likely N-dealkylation sites (tertiary alicyclic amines) is 1. The smallest absolute Gasteiger partial charge is 0.253 e. The maximum absolute atomic E-state index is 12.4. The lowest BCUT2D eigenvalue weighted by atomic mass is 10.2. The van der Waals surface area contributed by atoms with E-state index in [1.54, 1.807) is 24.3 Å². The number of rotatable bonds is 3. The van der Waals surface area contributed by atoms with Crippen molar-refractivity contribution in [2.45, 2.75) is 19.4 Å². The Labute approximate surface area is 134 Å². The summed E-state index contributed by atoms with van der Waals surface area (Å²) in [6, 6.07) is 12.7. The summed E-state index contributed by atoms with van der Waals surface area (Å²) in [4.78, 5) is 18.6. The van der Waals surface area contributed by atoms with Gasteiger partial charge in [-0.2, -0.15) is 0 Å². The Morgan fingerprint density at radius 2 is 2.05 bits per heavy atom. The van der Waals surface area contributed by atoms with Gasteiger partial charge in [0.05, 0.1) is 6.54 Å². The van der Waals surface area contributed by atoms with E-state index in [1.165, 1.54) is 0 Å². The highest BCUT2D eigenvalue weighted by atomic mass is 35.5. The van der Waals surface area contributed by atoms with E-state index in [9.17, 15) is 4.79 Å². The molecule has 1 aliphatic rings. The molecule has 1 fully saturated rings. The number of aryl methyl sites for hydroxylation is 1. The summed E-state index contributed by atoms with van der Waals surface area (Å²) >= 11 is 5.85. The van der Waals surface area contributed by atoms with Gasteiger partial charge in [-0.15, -0.1) is 0 Å². The van der Waals surface area contributed by atoms with E-state index in [-0.39, 0.29) is 12.0 Å². The van der Waals surface area contributed by atoms with Crippen molar-refractivity contribution in [3.63, 3.8) is 0 Å². The van der Waals surface area contributed by atoms with Gasteiger partial charge >= 0.3 is 0 Å². The molecule has 0 saturated carbocycles. The molecule has 22 heavy (non-hydrogen) atoms. The van der Waals surface area contributed by atoms with Gasteiger partial charge in [-0.25, -0.2) is 4.98 Å². The average molecular weight is 317 g/mol. The standard InChI is InChI=1S/C17H17ClN2O2/c1-12-3-2-4-16(19-12)22-15-9-10-20(11-15)17(21)13-5-7-14(18)8-6-13/h2-8,15H,9-11H2,1H3/t15-/m0/s1. The largest absolute Gasteiger partial charge is 0.472 e. The van der Waals surface area contributed by atoms with Crippen LogP contribution in [0.4, 0.5) is 0 Å². The topological polar surface area (TPSA) is 42.4 Å². The highest BCUT2D eigenvalue weighted by Gasteiger charge is 2.28. The second kappa shape index (κ2) is 6.36. The minimum atomic E-state index is -0.00875. The van der Waals surface area contributed by atoms with Crippen molar-refractivity contribution in [1.82, 2.24) is 9.88 Å². The van der Waals surface area contributed by atoms with Crippen molar-refractivity contribution in [2.75, 3.05) is 13.1 Å². The Kier molecular flexibility index (Phi) is 4.29. The number of aromatic nitrogens is 1. The summed E-state index contributed by atoms with van der Waals surface area (Å²) in [5.74, 6) is 0.630. The van der Waals surface area contributed by atoms with Gasteiger partial charge in [0.2, 0.25) is 5.88 Å². The quantitative estimate of drug-likeness (QED) is 0.872. The van der Waals surface area contributed by atoms with E-state index >= 15 is 0 Å². The molecule has 1 aromatic carbocycles.